The van der Waals surface area contributed by atoms with Crippen LogP contribution in [0.2, 0.25) is 0 Å². The number of carboxylic acid groups (broad SMARTS) is 1. The molecule has 0 saturated carbocycles. The SMILES string of the molecule is COc1ccc(-c2ccc(-c3cc4nc(Oc5ccc(C)c(C(=O)O)c5)[nH]c4cc3F)cc2)cc1. The molecule has 0 atom stereocenters. The summed E-state index contributed by atoms with van der Waals surface area (Å²) in [5.74, 6) is -0.328. The Balaban J connectivity index is 1.42. The molecule has 0 radical (unpaired) electrons. The molecule has 5 rings (SSSR count). The summed E-state index contributed by atoms with van der Waals surface area (Å²) in [7, 11) is 1.63. The summed E-state index contributed by atoms with van der Waals surface area (Å²) in [6, 6.07) is 23.3. The first-order valence-electron chi connectivity index (χ1n) is 10.9. The number of H-pyrrole nitrogens is 1. The van der Waals surface area contributed by atoms with E-state index >= 15 is 0 Å². The molecule has 0 unspecified atom stereocenters. The van der Waals surface area contributed by atoms with Crippen molar-refractivity contribution in [3.63, 3.8) is 0 Å². The zero-order valence-electron chi connectivity index (χ0n) is 19.0. The van der Waals surface area contributed by atoms with Crippen LogP contribution in [0.1, 0.15) is 15.9 Å². The van der Waals surface area contributed by atoms with E-state index in [0.717, 1.165) is 22.4 Å². The third-order valence-electron chi connectivity index (χ3n) is 5.82. The summed E-state index contributed by atoms with van der Waals surface area (Å²) in [4.78, 5) is 18.7. The van der Waals surface area contributed by atoms with Gasteiger partial charge in [-0.25, -0.2) is 9.18 Å². The average molecular weight is 468 g/mol. The van der Waals surface area contributed by atoms with Crippen LogP contribution >= 0.6 is 0 Å². The van der Waals surface area contributed by atoms with Crippen LogP contribution in [0.25, 0.3) is 33.3 Å². The van der Waals surface area contributed by atoms with Crippen LogP contribution in [0.4, 0.5) is 4.39 Å². The molecule has 1 heterocycles. The maximum absolute atomic E-state index is 15.0. The second-order valence-electron chi connectivity index (χ2n) is 8.08. The van der Waals surface area contributed by atoms with E-state index in [-0.39, 0.29) is 11.6 Å². The summed E-state index contributed by atoms with van der Waals surface area (Å²) in [6.45, 7) is 1.71. The second-order valence-corrected chi connectivity index (χ2v) is 8.08. The van der Waals surface area contributed by atoms with Gasteiger partial charge in [0, 0.05) is 11.6 Å². The van der Waals surface area contributed by atoms with Crippen molar-refractivity contribution in [2.24, 2.45) is 0 Å². The third kappa shape index (κ3) is 4.44. The highest BCUT2D eigenvalue weighted by Crippen LogP contribution is 2.31. The monoisotopic (exact) mass is 468 g/mol. The van der Waals surface area contributed by atoms with Gasteiger partial charge >= 0.3 is 5.97 Å². The van der Waals surface area contributed by atoms with Crippen molar-refractivity contribution >= 4 is 17.0 Å². The molecule has 2 N–H and O–H groups in total. The van der Waals surface area contributed by atoms with Crippen molar-refractivity contribution in [3.8, 4) is 39.8 Å². The first-order valence-corrected chi connectivity index (χ1v) is 10.9. The predicted octanol–water partition coefficient (Wildman–Crippen LogP) is 6.84. The topological polar surface area (TPSA) is 84.4 Å². The number of aromatic carboxylic acids is 1. The summed E-state index contributed by atoms with van der Waals surface area (Å²) in [5, 5.41) is 9.32. The lowest BCUT2D eigenvalue weighted by Crippen LogP contribution is -2.00. The highest BCUT2D eigenvalue weighted by molar-refractivity contribution is 5.90. The van der Waals surface area contributed by atoms with Crippen molar-refractivity contribution in [1.82, 2.24) is 9.97 Å². The largest absolute Gasteiger partial charge is 0.497 e. The minimum atomic E-state index is -1.04. The second kappa shape index (κ2) is 8.95. The number of carbonyl (C=O) groups is 1. The molecule has 0 spiro atoms. The molecule has 5 aromatic rings. The van der Waals surface area contributed by atoms with Crippen LogP contribution in [0.5, 0.6) is 17.5 Å². The normalized spacial score (nSPS) is 10.9. The molecule has 6 nitrogen and oxygen atoms in total. The van der Waals surface area contributed by atoms with Gasteiger partial charge < -0.3 is 19.6 Å². The molecule has 4 aromatic carbocycles. The number of ether oxygens (including phenoxy) is 2. The fraction of sp³-hybridized carbons (Fsp3) is 0.0714. The van der Waals surface area contributed by atoms with Gasteiger partial charge in [0.15, 0.2) is 0 Å². The van der Waals surface area contributed by atoms with Crippen molar-refractivity contribution in [1.29, 1.82) is 0 Å². The van der Waals surface area contributed by atoms with Crippen LogP contribution in [0.3, 0.4) is 0 Å². The summed E-state index contributed by atoms with van der Waals surface area (Å²) in [5.41, 5.74) is 4.95. The number of halogens is 1. The smallest absolute Gasteiger partial charge is 0.336 e. The van der Waals surface area contributed by atoms with Gasteiger partial charge in [-0.3, -0.25) is 0 Å². The average Bonchev–Trinajstić information content (AvgIpc) is 3.25. The highest BCUT2D eigenvalue weighted by atomic mass is 19.1. The predicted molar refractivity (Wildman–Crippen MR) is 132 cm³/mol. The Hall–Kier alpha value is -4.65. The Kier molecular flexibility index (Phi) is 5.66. The molecule has 0 fully saturated rings. The molecular formula is C28H21FN2O4. The number of aromatic amines is 1. The Morgan fingerprint density at radius 2 is 1.51 bits per heavy atom. The number of imidazole rings is 1. The lowest BCUT2D eigenvalue weighted by molar-refractivity contribution is 0.0695. The van der Waals surface area contributed by atoms with Gasteiger partial charge in [-0.15, -0.1) is 0 Å². The Morgan fingerprint density at radius 3 is 2.17 bits per heavy atom. The molecule has 35 heavy (non-hydrogen) atoms. The fourth-order valence-electron chi connectivity index (χ4n) is 3.91. The van der Waals surface area contributed by atoms with E-state index in [9.17, 15) is 14.3 Å². The van der Waals surface area contributed by atoms with E-state index in [4.69, 9.17) is 9.47 Å². The molecular weight excluding hydrogens is 447 g/mol. The summed E-state index contributed by atoms with van der Waals surface area (Å²) in [6.07, 6.45) is 0. The summed E-state index contributed by atoms with van der Waals surface area (Å²) < 4.78 is 25.9. The number of aryl methyl sites for hydroxylation is 1. The number of benzene rings is 4. The van der Waals surface area contributed by atoms with Crippen LogP contribution in [-0.4, -0.2) is 28.2 Å². The molecule has 0 aliphatic carbocycles. The van der Waals surface area contributed by atoms with E-state index in [1.54, 1.807) is 32.2 Å². The van der Waals surface area contributed by atoms with E-state index in [0.29, 0.717) is 27.9 Å². The van der Waals surface area contributed by atoms with Gasteiger partial charge in [-0.2, -0.15) is 4.98 Å². The number of hydrogen-bond acceptors (Lipinski definition) is 4. The van der Waals surface area contributed by atoms with Crippen molar-refractivity contribution in [3.05, 3.63) is 95.8 Å². The van der Waals surface area contributed by atoms with Crippen molar-refractivity contribution < 1.29 is 23.8 Å². The number of methoxy groups -OCH3 is 1. The summed E-state index contributed by atoms with van der Waals surface area (Å²) >= 11 is 0. The molecule has 0 aliphatic heterocycles. The first kappa shape index (κ1) is 22.2. The fourth-order valence-corrected chi connectivity index (χ4v) is 3.91. The van der Waals surface area contributed by atoms with E-state index in [1.165, 1.54) is 12.1 Å². The number of carboxylic acids is 1. The zero-order chi connectivity index (χ0) is 24.5. The van der Waals surface area contributed by atoms with Crippen LogP contribution < -0.4 is 9.47 Å². The number of hydrogen-bond donors (Lipinski definition) is 2. The number of nitrogens with zero attached hydrogens (tertiary/aromatic N) is 1. The van der Waals surface area contributed by atoms with Gasteiger partial charge in [0.25, 0.3) is 6.01 Å². The van der Waals surface area contributed by atoms with Gasteiger partial charge in [-0.1, -0.05) is 42.5 Å². The minimum Gasteiger partial charge on any atom is -0.497 e. The van der Waals surface area contributed by atoms with Gasteiger partial charge in [-0.05, 0) is 59.5 Å². The molecule has 7 heteroatoms. The molecule has 0 bridgehead atoms. The first-order chi connectivity index (χ1) is 16.9. The lowest BCUT2D eigenvalue weighted by Gasteiger charge is -2.07. The van der Waals surface area contributed by atoms with Crippen molar-refractivity contribution in [2.45, 2.75) is 6.92 Å². The molecule has 0 aliphatic rings. The van der Waals surface area contributed by atoms with E-state index in [1.807, 2.05) is 48.5 Å². The molecule has 0 amide bonds. The highest BCUT2D eigenvalue weighted by Gasteiger charge is 2.14. The van der Waals surface area contributed by atoms with Gasteiger partial charge in [0.2, 0.25) is 0 Å². The third-order valence-corrected chi connectivity index (χ3v) is 5.82. The van der Waals surface area contributed by atoms with Crippen LogP contribution in [-0.2, 0) is 0 Å². The van der Waals surface area contributed by atoms with E-state index < -0.39 is 11.8 Å². The number of fused-ring (bicyclic) bond motifs is 1. The van der Waals surface area contributed by atoms with Crippen LogP contribution in [0.15, 0.2) is 78.9 Å². The molecule has 1 aromatic heterocycles. The Bertz CT molecular complexity index is 1540. The standard InChI is InChI=1S/C28H21FN2O4/c1-16-3-10-21(13-22(16)27(32)33)35-28-30-25-14-23(24(29)15-26(25)31-28)19-6-4-17(5-7-19)18-8-11-20(34-2)12-9-18/h3-15H,1-2H3,(H,30,31)(H,32,33). The molecule has 174 valence electrons. The Morgan fingerprint density at radius 1 is 0.886 bits per heavy atom. The number of rotatable bonds is 6. The number of aromatic nitrogens is 2. The quantitative estimate of drug-likeness (QED) is 0.285. The van der Waals surface area contributed by atoms with Crippen molar-refractivity contribution in [2.75, 3.05) is 7.11 Å². The maximum atomic E-state index is 15.0. The molecule has 0 saturated heterocycles. The Labute approximate surface area is 200 Å². The van der Waals surface area contributed by atoms with Crippen LogP contribution in [0, 0.1) is 12.7 Å². The number of nitrogens with one attached hydrogen (secondary N) is 1. The van der Waals surface area contributed by atoms with Gasteiger partial charge in [0.05, 0.1) is 23.7 Å². The minimum absolute atomic E-state index is 0.144. The maximum Gasteiger partial charge on any atom is 0.336 e. The van der Waals surface area contributed by atoms with E-state index in [2.05, 4.69) is 9.97 Å². The lowest BCUT2D eigenvalue weighted by atomic mass is 9.99. The zero-order valence-corrected chi connectivity index (χ0v) is 19.0. The van der Waals surface area contributed by atoms with Gasteiger partial charge in [0.1, 0.15) is 17.3 Å².